The van der Waals surface area contributed by atoms with Gasteiger partial charge in [0.05, 0.1) is 55.8 Å². The third-order valence-electron chi connectivity index (χ3n) is 6.31. The first-order chi connectivity index (χ1) is 18.8. The number of amides is 2. The highest BCUT2D eigenvalue weighted by atomic mass is 16.5. The van der Waals surface area contributed by atoms with Gasteiger partial charge in [0.2, 0.25) is 11.5 Å². The summed E-state index contributed by atoms with van der Waals surface area (Å²) in [5.74, 6) is 0.460. The first-order valence-corrected chi connectivity index (χ1v) is 12.1. The second-order valence-corrected chi connectivity index (χ2v) is 8.35. The average Bonchev–Trinajstić information content (AvgIpc) is 2.98. The fraction of sp³-hybridized carbons (Fsp3) is 0.444. The van der Waals surface area contributed by atoms with Crippen molar-refractivity contribution in [1.82, 2.24) is 9.80 Å². The summed E-state index contributed by atoms with van der Waals surface area (Å²) in [7, 11) is 8.73. The summed E-state index contributed by atoms with van der Waals surface area (Å²) in [5.41, 5.74) is 0.500. The van der Waals surface area contributed by atoms with Crippen LogP contribution in [0.3, 0.4) is 0 Å². The Morgan fingerprint density at radius 2 is 1.13 bits per heavy atom. The van der Waals surface area contributed by atoms with E-state index in [1.807, 2.05) is 0 Å². The van der Waals surface area contributed by atoms with Crippen LogP contribution in [0.15, 0.2) is 24.3 Å². The van der Waals surface area contributed by atoms with Crippen LogP contribution in [0.25, 0.3) is 0 Å². The van der Waals surface area contributed by atoms with Gasteiger partial charge in [-0.3, -0.25) is 9.59 Å². The minimum atomic E-state index is -1.05. The van der Waals surface area contributed by atoms with E-state index in [2.05, 4.69) is 0 Å². The van der Waals surface area contributed by atoms with Gasteiger partial charge in [-0.05, 0) is 31.2 Å². The molecule has 0 aromatic heterocycles. The molecule has 0 spiro atoms. The number of ether oxygens (including phenoxy) is 7. The first kappa shape index (κ1) is 29.2. The molecular weight excluding hydrogens is 512 g/mol. The molecular formula is C27H34N2O10. The quantitative estimate of drug-likeness (QED) is 0.410. The summed E-state index contributed by atoms with van der Waals surface area (Å²) in [4.78, 5) is 43.0. The van der Waals surface area contributed by atoms with Crippen LogP contribution in [0.2, 0.25) is 0 Å². The molecule has 12 heteroatoms. The normalized spacial score (nSPS) is 14.8. The molecule has 1 heterocycles. The van der Waals surface area contributed by atoms with Crippen LogP contribution in [0.4, 0.5) is 0 Å². The maximum atomic E-state index is 13.7. The van der Waals surface area contributed by atoms with Gasteiger partial charge < -0.3 is 43.0 Å². The Hall–Kier alpha value is -4.35. The van der Waals surface area contributed by atoms with Crippen LogP contribution < -0.4 is 28.4 Å². The molecule has 0 saturated carbocycles. The lowest BCUT2D eigenvalue weighted by Crippen LogP contribution is -2.59. The van der Waals surface area contributed by atoms with E-state index >= 15 is 0 Å². The number of hydrogen-bond acceptors (Lipinski definition) is 10. The van der Waals surface area contributed by atoms with E-state index in [4.69, 9.17) is 33.2 Å². The molecule has 39 heavy (non-hydrogen) atoms. The molecule has 212 valence electrons. The largest absolute Gasteiger partial charge is 0.493 e. The number of carbonyl (C=O) groups excluding carboxylic acids is 3. The van der Waals surface area contributed by atoms with Crippen LogP contribution >= 0.6 is 0 Å². The zero-order valence-corrected chi connectivity index (χ0v) is 23.2. The van der Waals surface area contributed by atoms with Gasteiger partial charge in [0.15, 0.2) is 23.0 Å². The van der Waals surface area contributed by atoms with Gasteiger partial charge in [-0.15, -0.1) is 0 Å². The van der Waals surface area contributed by atoms with Gasteiger partial charge >= 0.3 is 5.97 Å². The summed E-state index contributed by atoms with van der Waals surface area (Å²) in [6.45, 7) is 1.95. The van der Waals surface area contributed by atoms with Crippen molar-refractivity contribution in [2.75, 3.05) is 68.9 Å². The molecule has 0 bridgehead atoms. The predicted molar refractivity (Wildman–Crippen MR) is 140 cm³/mol. The van der Waals surface area contributed by atoms with Crippen LogP contribution in [0.5, 0.6) is 34.5 Å². The molecule has 2 aromatic carbocycles. The fourth-order valence-corrected chi connectivity index (χ4v) is 4.41. The number of esters is 1. The fourth-order valence-electron chi connectivity index (χ4n) is 4.41. The molecule has 0 N–H and O–H groups in total. The highest BCUT2D eigenvalue weighted by molar-refractivity contribution is 5.99. The SMILES string of the molecule is CCOC(=O)C1CN(C(=O)c2cc(OC)c(OC)c(OC)c2)CCN1C(=O)c1cc(OC)c(OC)c(OC)c1. The van der Waals surface area contributed by atoms with Crippen molar-refractivity contribution in [2.24, 2.45) is 0 Å². The minimum absolute atomic E-state index is 0.0785. The summed E-state index contributed by atoms with van der Waals surface area (Å²) in [5, 5.41) is 0. The van der Waals surface area contributed by atoms with Crippen molar-refractivity contribution in [2.45, 2.75) is 13.0 Å². The lowest BCUT2D eigenvalue weighted by Gasteiger charge is -2.40. The van der Waals surface area contributed by atoms with E-state index < -0.39 is 17.9 Å². The molecule has 1 saturated heterocycles. The van der Waals surface area contributed by atoms with Crippen molar-refractivity contribution >= 4 is 17.8 Å². The standard InChI is InChI=1S/C27H34N2O10/c1-8-39-27(32)18-15-28(25(30)16-11-19(33-2)23(37-6)20(12-16)34-3)9-10-29(18)26(31)17-13-21(35-4)24(38-7)22(14-17)36-5/h11-14,18H,8-10,15H2,1-7H3. The van der Waals surface area contributed by atoms with Crippen LogP contribution in [0, 0.1) is 0 Å². The van der Waals surface area contributed by atoms with E-state index in [0.717, 1.165) is 0 Å². The molecule has 2 aromatic rings. The lowest BCUT2D eigenvalue weighted by molar-refractivity contribution is -0.150. The van der Waals surface area contributed by atoms with Crippen LogP contribution in [-0.2, 0) is 9.53 Å². The van der Waals surface area contributed by atoms with Crippen LogP contribution in [-0.4, -0.2) is 103 Å². The molecule has 0 aliphatic carbocycles. The Morgan fingerprint density at radius 1 is 0.692 bits per heavy atom. The van der Waals surface area contributed by atoms with Crippen molar-refractivity contribution in [3.63, 3.8) is 0 Å². The molecule has 1 fully saturated rings. The number of methoxy groups -OCH3 is 6. The van der Waals surface area contributed by atoms with Gasteiger partial charge in [0, 0.05) is 24.2 Å². The Kier molecular flexibility index (Phi) is 9.69. The smallest absolute Gasteiger partial charge is 0.330 e. The third kappa shape index (κ3) is 5.89. The van der Waals surface area contributed by atoms with Crippen molar-refractivity contribution < 1.29 is 47.5 Å². The molecule has 0 radical (unpaired) electrons. The first-order valence-electron chi connectivity index (χ1n) is 12.1. The van der Waals surface area contributed by atoms with Crippen molar-refractivity contribution in [3.05, 3.63) is 35.4 Å². The van der Waals surface area contributed by atoms with E-state index in [1.165, 1.54) is 76.7 Å². The van der Waals surface area contributed by atoms with Gasteiger partial charge in [-0.2, -0.15) is 0 Å². The number of rotatable bonds is 10. The zero-order valence-electron chi connectivity index (χ0n) is 23.2. The van der Waals surface area contributed by atoms with E-state index in [9.17, 15) is 14.4 Å². The highest BCUT2D eigenvalue weighted by Crippen LogP contribution is 2.40. The predicted octanol–water partition coefficient (Wildman–Crippen LogP) is 2.27. The summed E-state index contributed by atoms with van der Waals surface area (Å²) >= 11 is 0. The number of carbonyl (C=O) groups is 3. The molecule has 1 unspecified atom stereocenters. The Morgan fingerprint density at radius 3 is 1.51 bits per heavy atom. The third-order valence-corrected chi connectivity index (χ3v) is 6.31. The summed E-state index contributed by atoms with van der Waals surface area (Å²) in [6, 6.07) is 5.06. The summed E-state index contributed by atoms with van der Waals surface area (Å²) < 4.78 is 37.4. The molecule has 3 rings (SSSR count). The number of piperazine rings is 1. The lowest BCUT2D eigenvalue weighted by atomic mass is 10.1. The van der Waals surface area contributed by atoms with E-state index in [1.54, 1.807) is 6.92 Å². The average molecular weight is 547 g/mol. The monoisotopic (exact) mass is 546 g/mol. The number of benzene rings is 2. The van der Waals surface area contributed by atoms with Crippen molar-refractivity contribution in [3.8, 4) is 34.5 Å². The maximum Gasteiger partial charge on any atom is 0.330 e. The molecule has 1 aliphatic rings. The van der Waals surface area contributed by atoms with Gasteiger partial charge in [0.1, 0.15) is 6.04 Å². The second-order valence-electron chi connectivity index (χ2n) is 8.35. The highest BCUT2D eigenvalue weighted by Gasteiger charge is 2.39. The number of hydrogen-bond donors (Lipinski definition) is 0. The Labute approximate surface area is 227 Å². The second kappa shape index (κ2) is 12.9. The minimum Gasteiger partial charge on any atom is -0.493 e. The molecule has 1 aliphatic heterocycles. The van der Waals surface area contributed by atoms with Gasteiger partial charge in [0.25, 0.3) is 11.8 Å². The van der Waals surface area contributed by atoms with Crippen LogP contribution in [0.1, 0.15) is 27.6 Å². The molecule has 12 nitrogen and oxygen atoms in total. The summed E-state index contributed by atoms with van der Waals surface area (Å²) in [6.07, 6.45) is 0. The van der Waals surface area contributed by atoms with Gasteiger partial charge in [-0.25, -0.2) is 4.79 Å². The van der Waals surface area contributed by atoms with E-state index in [0.29, 0.717) is 34.5 Å². The van der Waals surface area contributed by atoms with E-state index in [-0.39, 0.29) is 43.3 Å². The Balaban J connectivity index is 1.94. The number of nitrogens with zero attached hydrogens (tertiary/aromatic N) is 2. The van der Waals surface area contributed by atoms with Crippen molar-refractivity contribution in [1.29, 1.82) is 0 Å². The molecule has 1 atom stereocenters. The maximum absolute atomic E-state index is 13.7. The van der Waals surface area contributed by atoms with Gasteiger partial charge in [-0.1, -0.05) is 0 Å². The Bertz CT molecular complexity index is 1170. The zero-order chi connectivity index (χ0) is 28.7. The molecule has 2 amide bonds. The topological polar surface area (TPSA) is 122 Å².